The van der Waals surface area contributed by atoms with Gasteiger partial charge in [-0.3, -0.25) is 0 Å². The quantitative estimate of drug-likeness (QED) is 0.599. The van der Waals surface area contributed by atoms with E-state index in [4.69, 9.17) is 14.2 Å². The van der Waals surface area contributed by atoms with Crippen LogP contribution in [0.2, 0.25) is 0 Å². The zero-order valence-electron chi connectivity index (χ0n) is 13.0. The maximum atomic E-state index is 9.99. The first-order valence-corrected chi connectivity index (χ1v) is 7.29. The molecular formula is C16H22O7. The highest BCUT2D eigenvalue weighted by Crippen LogP contribution is 2.32. The number of hydrogen-bond donors (Lipinski definition) is 4. The molecule has 0 radical (unpaired) electrons. The molecule has 0 aromatic heterocycles. The van der Waals surface area contributed by atoms with Gasteiger partial charge in [0, 0.05) is 0 Å². The Kier molecular flexibility index (Phi) is 5.97. The van der Waals surface area contributed by atoms with Crippen LogP contribution < -0.4 is 9.47 Å². The molecule has 1 aromatic carbocycles. The van der Waals surface area contributed by atoms with Gasteiger partial charge in [-0.25, -0.2) is 0 Å². The molecule has 4 N–H and O–H groups in total. The van der Waals surface area contributed by atoms with E-state index < -0.39 is 37.3 Å². The van der Waals surface area contributed by atoms with Gasteiger partial charge in [-0.05, 0) is 24.6 Å². The van der Waals surface area contributed by atoms with Gasteiger partial charge < -0.3 is 34.6 Å². The van der Waals surface area contributed by atoms with Crippen molar-refractivity contribution in [3.05, 3.63) is 29.8 Å². The summed E-state index contributed by atoms with van der Waals surface area (Å²) in [6, 6.07) is 5.19. The number of methoxy groups -OCH3 is 1. The van der Waals surface area contributed by atoms with E-state index in [0.29, 0.717) is 11.5 Å². The molecule has 0 saturated carbocycles. The number of aliphatic hydroxyl groups excluding tert-OH is 4. The van der Waals surface area contributed by atoms with Gasteiger partial charge in [0.2, 0.25) is 6.29 Å². The molecule has 5 atom stereocenters. The van der Waals surface area contributed by atoms with Gasteiger partial charge in [-0.2, -0.15) is 0 Å². The molecule has 1 aromatic rings. The number of ether oxygens (including phenoxy) is 3. The zero-order chi connectivity index (χ0) is 17.0. The minimum atomic E-state index is -1.49. The molecule has 0 aliphatic carbocycles. The molecule has 23 heavy (non-hydrogen) atoms. The van der Waals surface area contributed by atoms with Crippen LogP contribution in [-0.2, 0) is 4.74 Å². The second-order valence-corrected chi connectivity index (χ2v) is 5.23. The lowest BCUT2D eigenvalue weighted by Crippen LogP contribution is -2.60. The predicted octanol–water partition coefficient (Wildman–Crippen LogP) is -0.0930. The molecular weight excluding hydrogens is 304 g/mol. The van der Waals surface area contributed by atoms with Crippen LogP contribution in [0.4, 0.5) is 0 Å². The van der Waals surface area contributed by atoms with Crippen molar-refractivity contribution in [3.63, 3.8) is 0 Å². The van der Waals surface area contributed by atoms with Crippen LogP contribution in [0.25, 0.3) is 6.08 Å². The van der Waals surface area contributed by atoms with E-state index >= 15 is 0 Å². The number of hydrogen-bond acceptors (Lipinski definition) is 7. The summed E-state index contributed by atoms with van der Waals surface area (Å²) in [5, 5.41) is 38.7. The van der Waals surface area contributed by atoms with Crippen molar-refractivity contribution >= 4 is 6.08 Å². The van der Waals surface area contributed by atoms with Crippen molar-refractivity contribution in [2.24, 2.45) is 0 Å². The van der Waals surface area contributed by atoms with Gasteiger partial charge in [0.1, 0.15) is 24.4 Å². The van der Waals surface area contributed by atoms with Crippen LogP contribution in [-0.4, -0.2) is 64.8 Å². The third kappa shape index (κ3) is 3.82. The fourth-order valence-corrected chi connectivity index (χ4v) is 2.37. The molecule has 128 valence electrons. The molecule has 2 rings (SSSR count). The Hall–Kier alpha value is -1.64. The van der Waals surface area contributed by atoms with E-state index in [-0.39, 0.29) is 0 Å². The summed E-state index contributed by atoms with van der Waals surface area (Å²) in [7, 11) is 1.48. The van der Waals surface area contributed by atoms with Crippen molar-refractivity contribution in [2.45, 2.75) is 37.6 Å². The lowest BCUT2D eigenvalue weighted by atomic mass is 9.99. The highest BCUT2D eigenvalue weighted by Gasteiger charge is 2.44. The largest absolute Gasteiger partial charge is 0.493 e. The number of rotatable bonds is 5. The normalized spacial score (nSPS) is 31.3. The molecule has 1 aliphatic heterocycles. The molecule has 7 nitrogen and oxygen atoms in total. The monoisotopic (exact) mass is 326 g/mol. The fourth-order valence-electron chi connectivity index (χ4n) is 2.37. The highest BCUT2D eigenvalue weighted by atomic mass is 16.7. The van der Waals surface area contributed by atoms with Gasteiger partial charge in [-0.15, -0.1) is 0 Å². The molecule has 7 heteroatoms. The van der Waals surface area contributed by atoms with E-state index in [0.717, 1.165) is 5.56 Å². The lowest BCUT2D eigenvalue weighted by Gasteiger charge is -2.39. The summed E-state index contributed by atoms with van der Waals surface area (Å²) in [5.74, 6) is 0.739. The number of aliphatic hydroxyl groups is 4. The van der Waals surface area contributed by atoms with Crippen LogP contribution in [0.3, 0.4) is 0 Å². The average Bonchev–Trinajstić information content (AvgIpc) is 2.56. The minimum absolute atomic E-state index is 0.310. The molecule has 0 bridgehead atoms. The third-order valence-electron chi connectivity index (χ3n) is 3.64. The Morgan fingerprint density at radius 1 is 1.13 bits per heavy atom. The van der Waals surface area contributed by atoms with Crippen LogP contribution in [0.5, 0.6) is 11.5 Å². The van der Waals surface area contributed by atoms with Gasteiger partial charge in [-0.1, -0.05) is 18.2 Å². The van der Waals surface area contributed by atoms with Crippen molar-refractivity contribution in [3.8, 4) is 11.5 Å². The van der Waals surface area contributed by atoms with Crippen LogP contribution in [0.1, 0.15) is 12.5 Å². The highest BCUT2D eigenvalue weighted by molar-refractivity contribution is 5.55. The van der Waals surface area contributed by atoms with Gasteiger partial charge in [0.15, 0.2) is 11.5 Å². The second kappa shape index (κ2) is 7.76. The van der Waals surface area contributed by atoms with E-state index in [1.165, 1.54) is 7.11 Å². The standard InChI is InChI=1S/C16H22O7/c1-3-4-9-5-6-10(11(7-9)21-2)22-16-15(20)14(19)13(18)12(8-17)23-16/h3-7,12-20H,8H2,1-2H3/b4-3+/t12-,13+,14+,15+,16?/m0/s1. The summed E-state index contributed by atoms with van der Waals surface area (Å²) < 4.78 is 16.1. The van der Waals surface area contributed by atoms with Gasteiger partial charge in [0.25, 0.3) is 0 Å². The summed E-state index contributed by atoms with van der Waals surface area (Å²) >= 11 is 0. The molecule has 1 heterocycles. The second-order valence-electron chi connectivity index (χ2n) is 5.23. The topological polar surface area (TPSA) is 109 Å². The van der Waals surface area contributed by atoms with Crippen molar-refractivity contribution in [1.29, 1.82) is 0 Å². The summed E-state index contributed by atoms with van der Waals surface area (Å²) in [5.41, 5.74) is 0.908. The lowest BCUT2D eigenvalue weighted by molar-refractivity contribution is -0.277. The first-order valence-electron chi connectivity index (χ1n) is 7.29. The third-order valence-corrected chi connectivity index (χ3v) is 3.64. The molecule has 1 fully saturated rings. The number of allylic oxidation sites excluding steroid dienone is 1. The van der Waals surface area contributed by atoms with Crippen molar-refractivity contribution in [1.82, 2.24) is 0 Å². The molecule has 1 unspecified atom stereocenters. The first-order chi connectivity index (χ1) is 11.0. The Balaban J connectivity index is 2.20. The Morgan fingerprint density at radius 2 is 1.87 bits per heavy atom. The molecule has 0 spiro atoms. The fraction of sp³-hybridized carbons (Fsp3) is 0.500. The van der Waals surface area contributed by atoms with Crippen LogP contribution in [0.15, 0.2) is 24.3 Å². The minimum Gasteiger partial charge on any atom is -0.493 e. The Morgan fingerprint density at radius 3 is 2.48 bits per heavy atom. The molecule has 1 saturated heterocycles. The Bertz CT molecular complexity index is 543. The smallest absolute Gasteiger partial charge is 0.229 e. The predicted molar refractivity (Wildman–Crippen MR) is 82.1 cm³/mol. The summed E-state index contributed by atoms with van der Waals surface area (Å²) in [6.07, 6.45) is -2.87. The molecule has 0 amide bonds. The van der Waals surface area contributed by atoms with E-state index in [1.54, 1.807) is 18.2 Å². The van der Waals surface area contributed by atoms with E-state index in [2.05, 4.69) is 0 Å². The summed E-state index contributed by atoms with van der Waals surface area (Å²) in [6.45, 7) is 1.38. The molecule has 1 aliphatic rings. The number of benzene rings is 1. The maximum absolute atomic E-state index is 9.99. The van der Waals surface area contributed by atoms with Gasteiger partial charge in [0.05, 0.1) is 13.7 Å². The average molecular weight is 326 g/mol. The summed E-state index contributed by atoms with van der Waals surface area (Å²) in [4.78, 5) is 0. The van der Waals surface area contributed by atoms with Gasteiger partial charge >= 0.3 is 0 Å². The van der Waals surface area contributed by atoms with E-state index in [1.807, 2.05) is 19.1 Å². The maximum Gasteiger partial charge on any atom is 0.229 e. The van der Waals surface area contributed by atoms with Crippen molar-refractivity contribution in [2.75, 3.05) is 13.7 Å². The van der Waals surface area contributed by atoms with E-state index in [9.17, 15) is 20.4 Å². The Labute approximate surface area is 134 Å². The van der Waals surface area contributed by atoms with Crippen LogP contribution in [0, 0.1) is 0 Å². The SMILES string of the molecule is C/C=C/c1ccc(OC2O[C@@H](CO)[C@@H](O)[C@@H](O)[C@H]2O)c(OC)c1. The zero-order valence-corrected chi connectivity index (χ0v) is 13.0. The van der Waals surface area contributed by atoms with Crippen LogP contribution >= 0.6 is 0 Å². The van der Waals surface area contributed by atoms with Crippen molar-refractivity contribution < 1.29 is 34.6 Å². The first kappa shape index (κ1) is 17.7.